The van der Waals surface area contributed by atoms with Crippen LogP contribution < -0.4 is 30.9 Å². The number of fused-ring (bicyclic) bond motifs is 1. The van der Waals surface area contributed by atoms with E-state index >= 15 is 0 Å². The van der Waals surface area contributed by atoms with Crippen molar-refractivity contribution >= 4 is 86.5 Å². The van der Waals surface area contributed by atoms with Crippen molar-refractivity contribution in [1.82, 2.24) is 30.0 Å². The minimum atomic E-state index is -2.55. The Balaban J connectivity index is 0.835. The first kappa shape index (κ1) is 41.2. The third-order valence-corrected chi connectivity index (χ3v) is 14.6. The van der Waals surface area contributed by atoms with E-state index in [2.05, 4.69) is 62.6 Å². The molecule has 3 amide bonds. The molecule has 3 fully saturated rings. The fourth-order valence-corrected chi connectivity index (χ4v) is 10.5. The minimum absolute atomic E-state index is 0.159. The van der Waals surface area contributed by atoms with Crippen molar-refractivity contribution in [3.8, 4) is 5.75 Å². The van der Waals surface area contributed by atoms with Gasteiger partial charge in [0.15, 0.2) is 5.82 Å². The summed E-state index contributed by atoms with van der Waals surface area (Å²) in [5.74, 6) is 0.569. The molecule has 0 bridgehead atoms. The normalized spacial score (nSPS) is 19.5. The Labute approximate surface area is 357 Å². The van der Waals surface area contributed by atoms with E-state index in [0.29, 0.717) is 58.1 Å². The van der Waals surface area contributed by atoms with Crippen LogP contribution in [0.4, 0.5) is 28.8 Å². The van der Waals surface area contributed by atoms with Crippen LogP contribution in [-0.4, -0.2) is 114 Å². The summed E-state index contributed by atoms with van der Waals surface area (Å²) >= 11 is 10.3. The van der Waals surface area contributed by atoms with E-state index in [0.717, 1.165) is 85.6 Å². The summed E-state index contributed by atoms with van der Waals surface area (Å²) in [6.45, 7) is 10.4. The summed E-state index contributed by atoms with van der Waals surface area (Å²) in [7, 11) is -0.899. The van der Waals surface area contributed by atoms with Gasteiger partial charge in [-0.05, 0) is 74.1 Å². The summed E-state index contributed by atoms with van der Waals surface area (Å²) in [5.41, 5.74) is 5.16. The van der Waals surface area contributed by atoms with E-state index < -0.39 is 19.1 Å². The number of nitrogens with zero attached hydrogens (tertiary/aromatic N) is 6. The number of ether oxygens (including phenoxy) is 1. The first-order valence-electron chi connectivity index (χ1n) is 19.9. The number of anilines is 5. The molecular formula is C42H48BrClN9O5P. The molecule has 59 heavy (non-hydrogen) atoms. The van der Waals surface area contributed by atoms with Crippen molar-refractivity contribution in [2.24, 2.45) is 0 Å². The molecule has 14 nitrogen and oxygen atoms in total. The highest BCUT2D eigenvalue weighted by Gasteiger charge is 2.40. The molecular weight excluding hydrogens is 857 g/mol. The van der Waals surface area contributed by atoms with E-state index in [4.69, 9.17) is 16.3 Å². The molecule has 17 heteroatoms. The molecule has 5 heterocycles. The van der Waals surface area contributed by atoms with Crippen molar-refractivity contribution in [2.45, 2.75) is 50.9 Å². The first-order valence-corrected chi connectivity index (χ1v) is 23.7. The molecule has 0 spiro atoms. The number of carbonyl (C=O) groups excluding carboxylic acids is 3. The van der Waals surface area contributed by atoms with Crippen LogP contribution in [-0.2, 0) is 27.2 Å². The lowest BCUT2D eigenvalue weighted by molar-refractivity contribution is -0.136. The highest BCUT2D eigenvalue weighted by molar-refractivity contribution is 9.10. The van der Waals surface area contributed by atoms with E-state index in [9.17, 15) is 18.9 Å². The van der Waals surface area contributed by atoms with E-state index in [1.165, 1.54) is 6.20 Å². The molecule has 8 rings (SSSR count). The topological polar surface area (TPSA) is 152 Å². The Morgan fingerprint density at radius 1 is 0.949 bits per heavy atom. The Hall–Kier alpha value is -4.53. The lowest BCUT2D eigenvalue weighted by Gasteiger charge is -2.43. The number of hydrogen-bond donors (Lipinski definition) is 3. The molecule has 3 N–H and O–H groups in total. The van der Waals surface area contributed by atoms with Crippen LogP contribution >= 0.6 is 34.7 Å². The molecule has 3 saturated heterocycles. The van der Waals surface area contributed by atoms with Crippen molar-refractivity contribution in [3.63, 3.8) is 0 Å². The lowest BCUT2D eigenvalue weighted by Crippen LogP contribution is -2.53. The van der Waals surface area contributed by atoms with Gasteiger partial charge in [0.05, 0.1) is 24.7 Å². The molecule has 1 aromatic heterocycles. The van der Waals surface area contributed by atoms with Gasteiger partial charge < -0.3 is 29.7 Å². The van der Waals surface area contributed by atoms with Gasteiger partial charge in [0.2, 0.25) is 17.8 Å². The summed E-state index contributed by atoms with van der Waals surface area (Å²) in [4.78, 5) is 55.6. The average Bonchev–Trinajstić information content (AvgIpc) is 3.56. The van der Waals surface area contributed by atoms with Crippen LogP contribution in [0.25, 0.3) is 0 Å². The van der Waals surface area contributed by atoms with Crippen LogP contribution in [0.2, 0.25) is 5.02 Å². The third kappa shape index (κ3) is 8.86. The summed E-state index contributed by atoms with van der Waals surface area (Å²) in [6.07, 6.45) is 4.26. The number of rotatable bonds is 11. The number of amides is 3. The monoisotopic (exact) mass is 903 g/mol. The van der Waals surface area contributed by atoms with Gasteiger partial charge in [0.1, 0.15) is 24.0 Å². The van der Waals surface area contributed by atoms with Gasteiger partial charge in [0, 0.05) is 91.9 Å². The zero-order chi connectivity index (χ0) is 41.4. The number of aromatic nitrogens is 2. The van der Waals surface area contributed by atoms with Crippen LogP contribution in [0.1, 0.15) is 47.2 Å². The predicted molar refractivity (Wildman–Crippen MR) is 234 cm³/mol. The fourth-order valence-electron chi connectivity index (χ4n) is 8.58. The Morgan fingerprint density at radius 3 is 2.44 bits per heavy atom. The number of imide groups is 1. The number of halogens is 2. The van der Waals surface area contributed by atoms with Crippen LogP contribution in [0, 0.1) is 0 Å². The molecule has 4 aliphatic heterocycles. The van der Waals surface area contributed by atoms with Gasteiger partial charge >= 0.3 is 0 Å². The second-order valence-corrected chi connectivity index (χ2v) is 20.3. The van der Waals surface area contributed by atoms with Gasteiger partial charge in [-0.3, -0.25) is 29.5 Å². The van der Waals surface area contributed by atoms with Crippen LogP contribution in [0.3, 0.4) is 0 Å². The van der Waals surface area contributed by atoms with Crippen molar-refractivity contribution in [3.05, 3.63) is 87.0 Å². The zero-order valence-electron chi connectivity index (χ0n) is 33.3. The molecule has 4 aliphatic rings. The van der Waals surface area contributed by atoms with E-state index in [1.54, 1.807) is 25.3 Å². The number of nitrogens with one attached hydrogen (secondary N) is 3. The number of piperidine rings is 2. The Bertz CT molecular complexity index is 2330. The minimum Gasteiger partial charge on any atom is -0.494 e. The van der Waals surface area contributed by atoms with Crippen molar-refractivity contribution in [2.75, 3.05) is 75.2 Å². The summed E-state index contributed by atoms with van der Waals surface area (Å²) in [5, 5.41) is 9.96. The van der Waals surface area contributed by atoms with Gasteiger partial charge in [-0.15, -0.1) is 0 Å². The third-order valence-electron chi connectivity index (χ3n) is 11.8. The largest absolute Gasteiger partial charge is 0.494 e. The SMILES string of the molecule is COc1cc(N2CCC(N3CCN(Cc4ccc5c(c4Br)CN(C4CCC(=O)NC4=O)C5=O)CC3)CC2)ccc1Nc1ncc(Cl)c(Nc2ccccc2P(C)(C)=O)n1. The molecule has 0 aliphatic carbocycles. The van der Waals surface area contributed by atoms with E-state index in [-0.39, 0.29) is 18.2 Å². The molecule has 0 radical (unpaired) electrons. The van der Waals surface area contributed by atoms with Gasteiger partial charge in [-0.1, -0.05) is 45.7 Å². The highest BCUT2D eigenvalue weighted by atomic mass is 79.9. The number of methoxy groups -OCH3 is 1. The lowest BCUT2D eigenvalue weighted by atomic mass is 10.0. The number of hydrogen-bond acceptors (Lipinski definition) is 12. The van der Waals surface area contributed by atoms with Crippen LogP contribution in [0.15, 0.2) is 65.3 Å². The number of benzene rings is 3. The predicted octanol–water partition coefficient (Wildman–Crippen LogP) is 6.18. The second kappa shape index (κ2) is 17.2. The highest BCUT2D eigenvalue weighted by Crippen LogP contribution is 2.40. The summed E-state index contributed by atoms with van der Waals surface area (Å²) < 4.78 is 19.7. The molecule has 310 valence electrons. The van der Waals surface area contributed by atoms with Crippen molar-refractivity contribution < 1.29 is 23.7 Å². The standard InChI is InChI=1S/C42H48BrClN9O5P/c1-58-35-22-28(9-11-32(35)47-42-45-23-31(44)39(49-42)46-33-6-4-5-7-36(33)59(2,3)57)51-16-14-27(15-17-51)52-20-18-50(19-21-52)24-26-8-10-29-30(38(26)43)25-53(41(29)56)34-12-13-37(54)48-40(34)55/h4-11,22-23,27,34H,12-21,24-25H2,1-3H3,(H,48,54,55)(H2,45,46,47,49). The summed E-state index contributed by atoms with van der Waals surface area (Å²) in [6, 6.07) is 17.4. The fraction of sp³-hybridized carbons (Fsp3) is 0.405. The average molecular weight is 905 g/mol. The van der Waals surface area contributed by atoms with Gasteiger partial charge in [0.25, 0.3) is 5.91 Å². The molecule has 4 aromatic rings. The van der Waals surface area contributed by atoms with Gasteiger partial charge in [-0.25, -0.2) is 4.98 Å². The first-order chi connectivity index (χ1) is 28.4. The zero-order valence-corrected chi connectivity index (χ0v) is 36.6. The number of carbonyl (C=O) groups is 3. The Morgan fingerprint density at radius 2 is 1.71 bits per heavy atom. The smallest absolute Gasteiger partial charge is 0.255 e. The molecule has 1 unspecified atom stereocenters. The van der Waals surface area contributed by atoms with E-state index in [1.807, 2.05) is 48.5 Å². The van der Waals surface area contributed by atoms with Crippen molar-refractivity contribution in [1.29, 1.82) is 0 Å². The van der Waals surface area contributed by atoms with Crippen LogP contribution in [0.5, 0.6) is 5.75 Å². The maximum Gasteiger partial charge on any atom is 0.255 e. The quantitative estimate of drug-likeness (QED) is 0.116. The van der Waals surface area contributed by atoms with Gasteiger partial charge in [-0.2, -0.15) is 4.98 Å². The molecule has 0 saturated carbocycles. The maximum absolute atomic E-state index is 13.3. The second-order valence-electron chi connectivity index (χ2n) is 15.9. The molecule has 3 aromatic carbocycles. The Kier molecular flexibility index (Phi) is 12.0. The molecule has 1 atom stereocenters. The maximum atomic E-state index is 13.3. The number of para-hydroxylation sites is 1. The number of piperazine rings is 1.